The number of carbonyl (C=O) groups is 1. The van der Waals surface area contributed by atoms with Gasteiger partial charge < -0.3 is 5.73 Å². The highest BCUT2D eigenvalue weighted by molar-refractivity contribution is 7.21. The van der Waals surface area contributed by atoms with E-state index >= 15 is 0 Å². The van der Waals surface area contributed by atoms with Crippen molar-refractivity contribution in [1.82, 2.24) is 4.98 Å². The van der Waals surface area contributed by atoms with E-state index in [1.54, 1.807) is 30.3 Å². The molecule has 0 bridgehead atoms. The highest BCUT2D eigenvalue weighted by Gasteiger charge is 2.18. The first-order chi connectivity index (χ1) is 13.0. The molecule has 6 heteroatoms. The van der Waals surface area contributed by atoms with Crippen molar-refractivity contribution < 1.29 is 13.6 Å². The van der Waals surface area contributed by atoms with Gasteiger partial charge in [0.15, 0.2) is 5.78 Å². The monoisotopic (exact) mass is 380 g/mol. The van der Waals surface area contributed by atoms with Crippen LogP contribution >= 0.6 is 11.3 Å². The van der Waals surface area contributed by atoms with Crippen LogP contribution in [-0.4, -0.2) is 10.8 Å². The number of ketones is 1. The van der Waals surface area contributed by atoms with Crippen LogP contribution in [0, 0.1) is 11.6 Å². The van der Waals surface area contributed by atoms with Crippen molar-refractivity contribution in [3.05, 3.63) is 82.7 Å². The SMILES string of the molecule is Nc1c(C(=O)Cc2ccc(F)cc2)sc2nc(-c3ccc(F)cc3)ccc12. The van der Waals surface area contributed by atoms with Crippen molar-refractivity contribution in [2.45, 2.75) is 6.42 Å². The van der Waals surface area contributed by atoms with Gasteiger partial charge in [0.1, 0.15) is 16.5 Å². The van der Waals surface area contributed by atoms with Crippen molar-refractivity contribution in [3.8, 4) is 11.3 Å². The van der Waals surface area contributed by atoms with E-state index in [0.29, 0.717) is 26.5 Å². The summed E-state index contributed by atoms with van der Waals surface area (Å²) in [6.45, 7) is 0. The van der Waals surface area contributed by atoms with Crippen LogP contribution in [0.4, 0.5) is 14.5 Å². The Morgan fingerprint density at radius 2 is 1.56 bits per heavy atom. The summed E-state index contributed by atoms with van der Waals surface area (Å²) in [5.74, 6) is -0.788. The van der Waals surface area contributed by atoms with Gasteiger partial charge in [-0.2, -0.15) is 0 Å². The number of pyridine rings is 1. The fourth-order valence-corrected chi connectivity index (χ4v) is 3.88. The molecule has 4 rings (SSSR count). The summed E-state index contributed by atoms with van der Waals surface area (Å²) in [7, 11) is 0. The van der Waals surface area contributed by atoms with E-state index in [2.05, 4.69) is 4.98 Å². The number of carbonyl (C=O) groups excluding carboxylic acids is 1. The summed E-state index contributed by atoms with van der Waals surface area (Å²) in [4.78, 5) is 18.3. The molecule has 0 fully saturated rings. The predicted octanol–water partition coefficient (Wildman–Crippen LogP) is 5.25. The van der Waals surface area contributed by atoms with E-state index in [0.717, 1.165) is 11.1 Å². The first kappa shape index (κ1) is 17.3. The van der Waals surface area contributed by atoms with E-state index in [1.165, 1.54) is 35.6 Å². The minimum Gasteiger partial charge on any atom is -0.397 e. The van der Waals surface area contributed by atoms with Crippen molar-refractivity contribution >= 4 is 33.0 Å². The van der Waals surface area contributed by atoms with Gasteiger partial charge in [-0.1, -0.05) is 12.1 Å². The minimum atomic E-state index is -0.343. The Morgan fingerprint density at radius 3 is 2.22 bits per heavy atom. The zero-order chi connectivity index (χ0) is 19.0. The van der Waals surface area contributed by atoms with Gasteiger partial charge in [0.2, 0.25) is 0 Å². The molecule has 0 saturated heterocycles. The quantitative estimate of drug-likeness (QED) is 0.492. The lowest BCUT2D eigenvalue weighted by atomic mass is 10.1. The number of rotatable bonds is 4. The molecule has 3 nitrogen and oxygen atoms in total. The lowest BCUT2D eigenvalue weighted by molar-refractivity contribution is 0.0997. The lowest BCUT2D eigenvalue weighted by Crippen LogP contribution is -2.04. The van der Waals surface area contributed by atoms with E-state index in [9.17, 15) is 13.6 Å². The molecule has 2 N–H and O–H groups in total. The van der Waals surface area contributed by atoms with E-state index in [4.69, 9.17) is 5.73 Å². The number of nitrogen functional groups attached to an aromatic ring is 1. The van der Waals surface area contributed by atoms with Crippen LogP contribution in [0.3, 0.4) is 0 Å². The third-order valence-electron chi connectivity index (χ3n) is 4.26. The van der Waals surface area contributed by atoms with E-state index in [1.807, 2.05) is 6.07 Å². The molecule has 0 aliphatic carbocycles. The van der Waals surface area contributed by atoms with Gasteiger partial charge in [-0.25, -0.2) is 13.8 Å². The maximum atomic E-state index is 13.1. The highest BCUT2D eigenvalue weighted by Crippen LogP contribution is 2.35. The first-order valence-corrected chi connectivity index (χ1v) is 9.05. The smallest absolute Gasteiger partial charge is 0.179 e. The second-order valence-electron chi connectivity index (χ2n) is 6.13. The average Bonchev–Trinajstić information content (AvgIpc) is 3.00. The van der Waals surface area contributed by atoms with Gasteiger partial charge in [-0.05, 0) is 54.1 Å². The van der Waals surface area contributed by atoms with Gasteiger partial charge >= 0.3 is 0 Å². The topological polar surface area (TPSA) is 56.0 Å². The minimum absolute atomic E-state index is 0.134. The maximum absolute atomic E-state index is 13.1. The van der Waals surface area contributed by atoms with Crippen LogP contribution in [0.15, 0.2) is 60.7 Å². The summed E-state index contributed by atoms with van der Waals surface area (Å²) in [6.07, 6.45) is 0.141. The summed E-state index contributed by atoms with van der Waals surface area (Å²) < 4.78 is 26.1. The highest BCUT2D eigenvalue weighted by atomic mass is 32.1. The number of hydrogen-bond acceptors (Lipinski definition) is 4. The third-order valence-corrected chi connectivity index (χ3v) is 5.42. The molecule has 134 valence electrons. The zero-order valence-electron chi connectivity index (χ0n) is 14.1. The van der Waals surface area contributed by atoms with Crippen LogP contribution in [-0.2, 0) is 6.42 Å². The number of fused-ring (bicyclic) bond motifs is 1. The number of benzene rings is 2. The molecule has 2 aromatic carbocycles. The molecule has 2 heterocycles. The normalized spacial score (nSPS) is 11.0. The van der Waals surface area contributed by atoms with Crippen molar-refractivity contribution in [3.63, 3.8) is 0 Å². The van der Waals surface area contributed by atoms with Gasteiger partial charge in [0.25, 0.3) is 0 Å². The van der Waals surface area contributed by atoms with Crippen LogP contribution in [0.1, 0.15) is 15.2 Å². The molecule has 0 amide bonds. The van der Waals surface area contributed by atoms with Gasteiger partial charge in [0, 0.05) is 17.4 Å². The number of nitrogens with two attached hydrogens (primary N) is 1. The standard InChI is InChI=1S/C21H14F2N2OS/c22-14-5-1-12(2-6-14)11-18(26)20-19(24)16-9-10-17(25-21(16)27-20)13-3-7-15(23)8-4-13/h1-10H,11,24H2. The van der Waals surface area contributed by atoms with Crippen LogP contribution in [0.2, 0.25) is 0 Å². The fourth-order valence-electron chi connectivity index (χ4n) is 2.85. The molecule has 0 aliphatic rings. The Kier molecular flexibility index (Phi) is 4.41. The molecule has 0 spiro atoms. The summed E-state index contributed by atoms with van der Waals surface area (Å²) in [5, 5.41) is 0.716. The van der Waals surface area contributed by atoms with Gasteiger partial charge in [-0.15, -0.1) is 11.3 Å². The lowest BCUT2D eigenvalue weighted by Gasteiger charge is -2.01. The molecule has 2 aromatic heterocycles. The van der Waals surface area contributed by atoms with E-state index < -0.39 is 0 Å². The van der Waals surface area contributed by atoms with Crippen molar-refractivity contribution in [2.75, 3.05) is 5.73 Å². The Morgan fingerprint density at radius 1 is 0.926 bits per heavy atom. The molecule has 27 heavy (non-hydrogen) atoms. The molecule has 0 radical (unpaired) electrons. The number of aromatic nitrogens is 1. The number of hydrogen-bond donors (Lipinski definition) is 1. The number of halogens is 2. The summed E-state index contributed by atoms with van der Waals surface area (Å²) in [5.41, 5.74) is 8.75. The maximum Gasteiger partial charge on any atom is 0.179 e. The predicted molar refractivity (Wildman–Crippen MR) is 104 cm³/mol. The first-order valence-electron chi connectivity index (χ1n) is 8.24. The Labute approximate surface area is 158 Å². The fraction of sp³-hybridized carbons (Fsp3) is 0.0476. The molecule has 4 aromatic rings. The number of Topliss-reactive ketones (excluding diaryl/α,β-unsaturated/α-hetero) is 1. The van der Waals surface area contributed by atoms with Gasteiger partial charge in [0.05, 0.1) is 16.3 Å². The average molecular weight is 380 g/mol. The number of thiophene rings is 1. The molecular formula is C21H14F2N2OS. The molecule has 0 aliphatic heterocycles. The van der Waals surface area contributed by atoms with Gasteiger partial charge in [-0.3, -0.25) is 4.79 Å². The molecule has 0 atom stereocenters. The molecular weight excluding hydrogens is 366 g/mol. The van der Waals surface area contributed by atoms with Crippen LogP contribution < -0.4 is 5.73 Å². The number of anilines is 1. The van der Waals surface area contributed by atoms with Crippen molar-refractivity contribution in [1.29, 1.82) is 0 Å². The van der Waals surface area contributed by atoms with E-state index in [-0.39, 0.29) is 23.8 Å². The summed E-state index contributed by atoms with van der Waals surface area (Å²) >= 11 is 1.23. The van der Waals surface area contributed by atoms with Crippen molar-refractivity contribution in [2.24, 2.45) is 0 Å². The second-order valence-corrected chi connectivity index (χ2v) is 7.13. The molecule has 0 saturated carbocycles. The summed E-state index contributed by atoms with van der Waals surface area (Å²) in [6, 6.07) is 15.5. The molecule has 0 unspecified atom stereocenters. The van der Waals surface area contributed by atoms with Crippen LogP contribution in [0.25, 0.3) is 21.5 Å². The third kappa shape index (κ3) is 3.44. The second kappa shape index (κ2) is 6.89. The number of nitrogens with zero attached hydrogens (tertiary/aromatic N) is 1. The largest absolute Gasteiger partial charge is 0.397 e. The Hall–Kier alpha value is -3.12. The Bertz CT molecular complexity index is 1140. The zero-order valence-corrected chi connectivity index (χ0v) is 14.9. The van der Waals surface area contributed by atoms with Crippen LogP contribution in [0.5, 0.6) is 0 Å². The Balaban J connectivity index is 1.67.